The number of amides is 3. The van der Waals surface area contributed by atoms with Crippen molar-refractivity contribution in [2.24, 2.45) is 0 Å². The van der Waals surface area contributed by atoms with Gasteiger partial charge >= 0.3 is 12.0 Å². The van der Waals surface area contributed by atoms with E-state index in [2.05, 4.69) is 10.6 Å². The average molecular weight is 403 g/mol. The lowest BCUT2D eigenvalue weighted by Crippen LogP contribution is -2.43. The molecular weight excluding hydrogens is 384 g/mol. The number of rotatable bonds is 7. The first kappa shape index (κ1) is 19.7. The van der Waals surface area contributed by atoms with Gasteiger partial charge in [0.1, 0.15) is 17.0 Å². The summed E-state index contributed by atoms with van der Waals surface area (Å²) >= 11 is 5.96. The zero-order valence-corrected chi connectivity index (χ0v) is 15.9. The first-order chi connectivity index (χ1) is 13.4. The van der Waals surface area contributed by atoms with Crippen LogP contribution in [0.25, 0.3) is 0 Å². The summed E-state index contributed by atoms with van der Waals surface area (Å²) in [6.07, 6.45) is 1.03. The molecule has 1 saturated heterocycles. The molecule has 3 rings (SSSR count). The van der Waals surface area contributed by atoms with Gasteiger partial charge in [-0.15, -0.1) is 0 Å². The standard InChI is InChI=1S/C20H19ClN2O5/c1-20(18(25)22-19(26)23-20)11-10-13-6-8-14(9-7-13)28-17(24)12-27-16-5-3-2-4-15(16)21/h2-9H,10-12H2,1H3,(H2,22,23,25,26)/t20-/m1/s1. The molecule has 0 spiro atoms. The minimum absolute atomic E-state index is 0.265. The Labute approximate surface area is 167 Å². The zero-order chi connectivity index (χ0) is 20.1. The number of imide groups is 1. The fourth-order valence-corrected chi connectivity index (χ4v) is 2.92. The Balaban J connectivity index is 1.49. The zero-order valence-electron chi connectivity index (χ0n) is 15.2. The van der Waals surface area contributed by atoms with Crippen molar-refractivity contribution in [2.45, 2.75) is 25.3 Å². The van der Waals surface area contributed by atoms with E-state index in [-0.39, 0.29) is 12.5 Å². The molecular formula is C20H19ClN2O5. The summed E-state index contributed by atoms with van der Waals surface area (Å²) in [7, 11) is 0. The monoisotopic (exact) mass is 402 g/mol. The molecule has 0 unspecified atom stereocenters. The van der Waals surface area contributed by atoms with E-state index >= 15 is 0 Å². The molecule has 146 valence electrons. The third kappa shape index (κ3) is 4.80. The first-order valence-corrected chi connectivity index (χ1v) is 9.04. The fourth-order valence-electron chi connectivity index (χ4n) is 2.73. The van der Waals surface area contributed by atoms with E-state index in [0.717, 1.165) is 5.56 Å². The quantitative estimate of drug-likeness (QED) is 0.422. The number of urea groups is 1. The smallest absolute Gasteiger partial charge is 0.349 e. The number of carbonyl (C=O) groups is 3. The second kappa shape index (κ2) is 8.31. The first-order valence-electron chi connectivity index (χ1n) is 8.66. The molecule has 0 radical (unpaired) electrons. The Kier molecular flexibility index (Phi) is 5.84. The van der Waals surface area contributed by atoms with Crippen molar-refractivity contribution in [2.75, 3.05) is 6.61 Å². The van der Waals surface area contributed by atoms with Gasteiger partial charge in [-0.3, -0.25) is 10.1 Å². The highest BCUT2D eigenvalue weighted by Gasteiger charge is 2.41. The number of ether oxygens (including phenoxy) is 2. The Hall–Kier alpha value is -3.06. The number of carbonyl (C=O) groups excluding carboxylic acids is 3. The van der Waals surface area contributed by atoms with Crippen LogP contribution in [0.3, 0.4) is 0 Å². The molecule has 0 aliphatic carbocycles. The van der Waals surface area contributed by atoms with E-state index in [1.165, 1.54) is 0 Å². The minimum Gasteiger partial charge on any atom is -0.480 e. The van der Waals surface area contributed by atoms with Crippen molar-refractivity contribution < 1.29 is 23.9 Å². The molecule has 1 aliphatic heterocycles. The van der Waals surface area contributed by atoms with Crippen LogP contribution >= 0.6 is 11.6 Å². The SMILES string of the molecule is C[C@]1(CCc2ccc(OC(=O)COc3ccccc3Cl)cc2)NC(=O)NC1=O. The Bertz CT molecular complexity index is 900. The molecule has 28 heavy (non-hydrogen) atoms. The highest BCUT2D eigenvalue weighted by Crippen LogP contribution is 2.23. The van der Waals surface area contributed by atoms with Gasteiger partial charge in [-0.1, -0.05) is 35.9 Å². The lowest BCUT2D eigenvalue weighted by molar-refractivity contribution is -0.136. The van der Waals surface area contributed by atoms with Gasteiger partial charge in [0.25, 0.3) is 5.91 Å². The van der Waals surface area contributed by atoms with E-state index in [4.69, 9.17) is 21.1 Å². The molecule has 0 aromatic heterocycles. The van der Waals surface area contributed by atoms with Gasteiger partial charge in [-0.2, -0.15) is 0 Å². The van der Waals surface area contributed by atoms with Crippen LogP contribution in [0.15, 0.2) is 48.5 Å². The highest BCUT2D eigenvalue weighted by atomic mass is 35.5. The number of nitrogens with one attached hydrogen (secondary N) is 2. The molecule has 2 N–H and O–H groups in total. The van der Waals surface area contributed by atoms with Gasteiger partial charge in [0.05, 0.1) is 5.02 Å². The Morgan fingerprint density at radius 2 is 1.82 bits per heavy atom. The molecule has 1 fully saturated rings. The maximum atomic E-state index is 11.9. The van der Waals surface area contributed by atoms with Crippen molar-refractivity contribution in [1.82, 2.24) is 10.6 Å². The van der Waals surface area contributed by atoms with Crippen molar-refractivity contribution >= 4 is 29.5 Å². The van der Waals surface area contributed by atoms with E-state index in [1.807, 2.05) is 0 Å². The lowest BCUT2D eigenvalue weighted by Gasteiger charge is -2.20. The number of benzene rings is 2. The number of hydrogen-bond donors (Lipinski definition) is 2. The van der Waals surface area contributed by atoms with Crippen molar-refractivity contribution in [3.05, 3.63) is 59.1 Å². The number of esters is 1. The van der Waals surface area contributed by atoms with Crippen LogP contribution in [0.1, 0.15) is 18.9 Å². The molecule has 1 atom stereocenters. The average Bonchev–Trinajstić information content (AvgIpc) is 2.92. The summed E-state index contributed by atoms with van der Waals surface area (Å²) in [6.45, 7) is 1.42. The second-order valence-corrected chi connectivity index (χ2v) is 6.98. The summed E-state index contributed by atoms with van der Waals surface area (Å²) in [5.41, 5.74) is 0.0282. The summed E-state index contributed by atoms with van der Waals surface area (Å²) in [4.78, 5) is 35.0. The predicted octanol–water partition coefficient (Wildman–Crippen LogP) is 2.86. The molecule has 0 bridgehead atoms. The number of hydrogen-bond acceptors (Lipinski definition) is 5. The second-order valence-electron chi connectivity index (χ2n) is 6.58. The highest BCUT2D eigenvalue weighted by molar-refractivity contribution is 6.32. The lowest BCUT2D eigenvalue weighted by atomic mass is 9.93. The summed E-state index contributed by atoms with van der Waals surface area (Å²) in [6, 6.07) is 13.3. The van der Waals surface area contributed by atoms with Crippen molar-refractivity contribution in [1.29, 1.82) is 0 Å². The largest absolute Gasteiger partial charge is 0.480 e. The third-order valence-corrected chi connectivity index (χ3v) is 4.68. The Morgan fingerprint density at radius 3 is 2.46 bits per heavy atom. The minimum atomic E-state index is -0.918. The van der Waals surface area contributed by atoms with Crippen LogP contribution in [0.5, 0.6) is 11.5 Å². The maximum absolute atomic E-state index is 11.9. The van der Waals surface area contributed by atoms with Crippen LogP contribution < -0.4 is 20.1 Å². The predicted molar refractivity (Wildman–Crippen MR) is 102 cm³/mol. The van der Waals surface area contributed by atoms with Gasteiger partial charge in [-0.25, -0.2) is 9.59 Å². The van der Waals surface area contributed by atoms with Gasteiger partial charge in [0, 0.05) is 0 Å². The molecule has 1 aliphatic rings. The molecule has 3 amide bonds. The molecule has 7 nitrogen and oxygen atoms in total. The summed E-state index contributed by atoms with van der Waals surface area (Å²) < 4.78 is 10.6. The number of aryl methyl sites for hydroxylation is 1. The normalized spacial score (nSPS) is 18.4. The van der Waals surface area contributed by atoms with E-state index in [0.29, 0.717) is 29.4 Å². The van der Waals surface area contributed by atoms with Crippen LogP contribution in [0, 0.1) is 0 Å². The van der Waals surface area contributed by atoms with E-state index in [9.17, 15) is 14.4 Å². The molecule has 2 aromatic carbocycles. The van der Waals surface area contributed by atoms with E-state index in [1.54, 1.807) is 55.5 Å². The van der Waals surface area contributed by atoms with Gasteiger partial charge in [0.2, 0.25) is 0 Å². The molecule has 0 saturated carbocycles. The van der Waals surface area contributed by atoms with Gasteiger partial charge in [-0.05, 0) is 49.6 Å². The van der Waals surface area contributed by atoms with Crippen LogP contribution in [0.4, 0.5) is 4.79 Å². The molecule has 2 aromatic rings. The number of halogens is 1. The van der Waals surface area contributed by atoms with Crippen molar-refractivity contribution in [3.63, 3.8) is 0 Å². The Morgan fingerprint density at radius 1 is 1.11 bits per heavy atom. The number of para-hydroxylation sites is 1. The summed E-state index contributed by atoms with van der Waals surface area (Å²) in [5.74, 6) is -0.0882. The van der Waals surface area contributed by atoms with E-state index < -0.39 is 17.5 Å². The van der Waals surface area contributed by atoms with Gasteiger partial charge < -0.3 is 14.8 Å². The fraction of sp³-hybridized carbons (Fsp3) is 0.250. The molecule has 8 heteroatoms. The topological polar surface area (TPSA) is 93.7 Å². The summed E-state index contributed by atoms with van der Waals surface area (Å²) in [5, 5.41) is 5.28. The van der Waals surface area contributed by atoms with Crippen LogP contribution in [-0.4, -0.2) is 30.1 Å². The van der Waals surface area contributed by atoms with Crippen molar-refractivity contribution in [3.8, 4) is 11.5 Å². The molecule has 1 heterocycles. The maximum Gasteiger partial charge on any atom is 0.349 e. The van der Waals surface area contributed by atoms with Gasteiger partial charge in [0.15, 0.2) is 6.61 Å². The van der Waals surface area contributed by atoms with Crippen LogP contribution in [0.2, 0.25) is 5.02 Å². The van der Waals surface area contributed by atoms with Crippen LogP contribution in [-0.2, 0) is 16.0 Å². The third-order valence-electron chi connectivity index (χ3n) is 4.37.